The summed E-state index contributed by atoms with van der Waals surface area (Å²) in [5, 5.41) is 0. The lowest BCUT2D eigenvalue weighted by Gasteiger charge is -2.14. The second kappa shape index (κ2) is 5.34. The minimum atomic E-state index is -4.44. The number of rotatable bonds is 4. The number of anilines is 1. The molecule has 2 rings (SSSR count). The molecule has 0 fully saturated rings. The van der Waals surface area contributed by atoms with Gasteiger partial charge in [0, 0.05) is 13.1 Å². The largest absolute Gasteiger partial charge is 0.423 e. The lowest BCUT2D eigenvalue weighted by molar-refractivity contribution is -0.136. The zero-order chi connectivity index (χ0) is 14.9. The summed E-state index contributed by atoms with van der Waals surface area (Å²) in [6, 6.07) is 3.03. The number of aromatic nitrogens is 1. The van der Waals surface area contributed by atoms with Crippen LogP contribution in [0.5, 0.6) is 0 Å². The van der Waals surface area contributed by atoms with Crippen LogP contribution in [0.3, 0.4) is 0 Å². The van der Waals surface area contributed by atoms with E-state index in [0.29, 0.717) is 25.1 Å². The molecular formula is C14H17F3N2O. The number of hydrogen-bond acceptors (Lipinski definition) is 3. The third kappa shape index (κ3) is 2.59. The van der Waals surface area contributed by atoms with E-state index in [-0.39, 0.29) is 17.1 Å². The quantitative estimate of drug-likeness (QED) is 0.841. The Labute approximate surface area is 115 Å². The highest BCUT2D eigenvalue weighted by Crippen LogP contribution is 2.37. The normalized spacial score (nSPS) is 12.1. The molecule has 0 atom stereocenters. The number of fused-ring (bicyclic) bond motifs is 1. The molecule has 0 aliphatic heterocycles. The maximum Gasteiger partial charge on any atom is 0.420 e. The first-order valence-corrected chi connectivity index (χ1v) is 6.66. The van der Waals surface area contributed by atoms with E-state index in [9.17, 15) is 13.2 Å². The zero-order valence-corrected chi connectivity index (χ0v) is 11.7. The summed E-state index contributed by atoms with van der Waals surface area (Å²) in [5.41, 5.74) is -0.0721. The summed E-state index contributed by atoms with van der Waals surface area (Å²) in [7, 11) is 0. The number of alkyl halides is 3. The van der Waals surface area contributed by atoms with Crippen LogP contribution in [0.1, 0.15) is 31.9 Å². The number of hydrogen-bond donors (Lipinski definition) is 0. The Kier molecular flexibility index (Phi) is 3.92. The molecule has 0 aliphatic rings. The Morgan fingerprint density at radius 2 is 1.80 bits per heavy atom. The highest BCUT2D eigenvalue weighted by Gasteiger charge is 2.35. The first-order valence-electron chi connectivity index (χ1n) is 6.66. The Balaban J connectivity index is 2.66. The predicted octanol–water partition coefficient (Wildman–Crippen LogP) is 4.26. The van der Waals surface area contributed by atoms with Gasteiger partial charge in [0.1, 0.15) is 11.1 Å². The van der Waals surface area contributed by atoms with E-state index in [1.54, 1.807) is 11.0 Å². The predicted molar refractivity (Wildman–Crippen MR) is 72.0 cm³/mol. The molecule has 0 amide bonds. The molecule has 0 radical (unpaired) electrons. The van der Waals surface area contributed by atoms with Gasteiger partial charge in [-0.2, -0.15) is 18.2 Å². The molecule has 1 heterocycles. The maximum atomic E-state index is 13.1. The van der Waals surface area contributed by atoms with Crippen LogP contribution in [0.2, 0.25) is 0 Å². The van der Waals surface area contributed by atoms with Crippen molar-refractivity contribution in [3.05, 3.63) is 23.3 Å². The van der Waals surface area contributed by atoms with Gasteiger partial charge in [-0.1, -0.05) is 6.92 Å². The van der Waals surface area contributed by atoms with E-state index < -0.39 is 11.7 Å². The fourth-order valence-corrected chi connectivity index (χ4v) is 2.12. The molecule has 0 saturated carbocycles. The Morgan fingerprint density at radius 1 is 1.15 bits per heavy atom. The lowest BCUT2D eigenvalue weighted by Crippen LogP contribution is -2.21. The van der Waals surface area contributed by atoms with Crippen LogP contribution in [-0.4, -0.2) is 18.1 Å². The second-order valence-electron chi connectivity index (χ2n) is 4.51. The van der Waals surface area contributed by atoms with Crippen LogP contribution >= 0.6 is 0 Å². The SMILES string of the molecule is CCc1cc(C(F)(F)F)c2oc(N(CC)CC)nc2c1. The molecule has 0 spiro atoms. The number of benzene rings is 1. The van der Waals surface area contributed by atoms with Crippen LogP contribution < -0.4 is 4.90 Å². The summed E-state index contributed by atoms with van der Waals surface area (Å²) in [4.78, 5) is 5.98. The average Bonchev–Trinajstić information content (AvgIpc) is 2.81. The van der Waals surface area contributed by atoms with Crippen LogP contribution in [0, 0.1) is 0 Å². The van der Waals surface area contributed by atoms with E-state index in [1.807, 2.05) is 20.8 Å². The van der Waals surface area contributed by atoms with E-state index in [1.165, 1.54) is 0 Å². The number of oxazole rings is 1. The first-order chi connectivity index (χ1) is 9.40. The van der Waals surface area contributed by atoms with Gasteiger partial charge in [-0.05, 0) is 38.0 Å². The molecule has 0 aliphatic carbocycles. The maximum absolute atomic E-state index is 13.1. The van der Waals surface area contributed by atoms with E-state index in [4.69, 9.17) is 4.42 Å². The van der Waals surface area contributed by atoms with Crippen molar-refractivity contribution in [3.63, 3.8) is 0 Å². The highest BCUT2D eigenvalue weighted by atomic mass is 19.4. The van der Waals surface area contributed by atoms with E-state index in [2.05, 4.69) is 4.98 Å². The van der Waals surface area contributed by atoms with Crippen LogP contribution in [0.15, 0.2) is 16.5 Å². The van der Waals surface area contributed by atoms with Crippen molar-refractivity contribution in [2.24, 2.45) is 0 Å². The fourth-order valence-electron chi connectivity index (χ4n) is 2.12. The van der Waals surface area contributed by atoms with Crippen LogP contribution in [0.25, 0.3) is 11.1 Å². The van der Waals surface area contributed by atoms with Crippen molar-refractivity contribution >= 4 is 17.1 Å². The zero-order valence-electron chi connectivity index (χ0n) is 11.7. The van der Waals surface area contributed by atoms with Gasteiger partial charge in [0.05, 0.1) is 0 Å². The summed E-state index contributed by atoms with van der Waals surface area (Å²) in [5.74, 6) is 0. The van der Waals surface area contributed by atoms with Gasteiger partial charge in [0.25, 0.3) is 6.01 Å². The summed E-state index contributed by atoms with van der Waals surface area (Å²) in [6.45, 7) is 6.88. The minimum Gasteiger partial charge on any atom is -0.423 e. The van der Waals surface area contributed by atoms with Gasteiger partial charge in [0.15, 0.2) is 5.58 Å². The molecule has 1 aromatic carbocycles. The smallest absolute Gasteiger partial charge is 0.420 e. The van der Waals surface area contributed by atoms with Crippen molar-refractivity contribution in [1.82, 2.24) is 4.98 Å². The highest BCUT2D eigenvalue weighted by molar-refractivity contribution is 5.79. The average molecular weight is 286 g/mol. The molecule has 3 nitrogen and oxygen atoms in total. The molecule has 2 aromatic rings. The molecule has 110 valence electrons. The van der Waals surface area contributed by atoms with Gasteiger partial charge in [-0.25, -0.2) is 0 Å². The molecule has 0 saturated heterocycles. The fraction of sp³-hybridized carbons (Fsp3) is 0.500. The molecule has 0 unspecified atom stereocenters. The van der Waals surface area contributed by atoms with Crippen molar-refractivity contribution < 1.29 is 17.6 Å². The molecule has 0 bridgehead atoms. The monoisotopic (exact) mass is 286 g/mol. The molecular weight excluding hydrogens is 269 g/mol. The minimum absolute atomic E-state index is 0.184. The standard InChI is InChI=1S/C14H17F3N2O/c1-4-9-7-10(14(15,16)17)12-11(8-9)18-13(20-12)19(5-2)6-3/h7-8H,4-6H2,1-3H3. The van der Waals surface area contributed by atoms with Gasteiger partial charge in [0.2, 0.25) is 0 Å². The number of aryl methyl sites for hydroxylation is 1. The van der Waals surface area contributed by atoms with Gasteiger partial charge >= 0.3 is 6.18 Å². The summed E-state index contributed by atoms with van der Waals surface area (Å²) in [6.07, 6.45) is -3.92. The lowest BCUT2D eigenvalue weighted by atomic mass is 10.1. The van der Waals surface area contributed by atoms with Crippen molar-refractivity contribution in [2.45, 2.75) is 33.4 Å². The summed E-state index contributed by atoms with van der Waals surface area (Å²) < 4.78 is 44.7. The third-order valence-electron chi connectivity index (χ3n) is 3.29. The molecule has 6 heteroatoms. The van der Waals surface area contributed by atoms with Gasteiger partial charge < -0.3 is 9.32 Å². The van der Waals surface area contributed by atoms with E-state index >= 15 is 0 Å². The van der Waals surface area contributed by atoms with Crippen molar-refractivity contribution in [3.8, 4) is 0 Å². The van der Waals surface area contributed by atoms with Gasteiger partial charge in [-0.15, -0.1) is 0 Å². The van der Waals surface area contributed by atoms with E-state index in [0.717, 1.165) is 6.07 Å². The van der Waals surface area contributed by atoms with Crippen LogP contribution in [-0.2, 0) is 12.6 Å². The van der Waals surface area contributed by atoms with Gasteiger partial charge in [-0.3, -0.25) is 0 Å². The van der Waals surface area contributed by atoms with Crippen LogP contribution in [0.4, 0.5) is 19.2 Å². The van der Waals surface area contributed by atoms with Crippen molar-refractivity contribution in [1.29, 1.82) is 0 Å². The van der Waals surface area contributed by atoms with Crippen molar-refractivity contribution in [2.75, 3.05) is 18.0 Å². The number of halogens is 3. The molecule has 0 N–H and O–H groups in total. The third-order valence-corrected chi connectivity index (χ3v) is 3.29. The Morgan fingerprint density at radius 3 is 2.30 bits per heavy atom. The molecule has 20 heavy (non-hydrogen) atoms. The number of nitrogens with zero attached hydrogens (tertiary/aromatic N) is 2. The second-order valence-corrected chi connectivity index (χ2v) is 4.51. The molecule has 1 aromatic heterocycles. The first kappa shape index (κ1) is 14.7. The Bertz CT molecular complexity index is 600. The summed E-state index contributed by atoms with van der Waals surface area (Å²) >= 11 is 0. The Hall–Kier alpha value is -1.72. The topological polar surface area (TPSA) is 29.3 Å².